The fraction of sp³-hybridized carbons (Fsp3) is 0.200. The molecule has 0 saturated heterocycles. The summed E-state index contributed by atoms with van der Waals surface area (Å²) in [6, 6.07) is 46.1. The Morgan fingerprint density at radius 3 is 1.77 bits per heavy atom. The first-order valence-electron chi connectivity index (χ1n) is 16.8. The molecular weight excluding hydrogens is 587 g/mol. The van der Waals surface area contributed by atoms with Gasteiger partial charge in [-0.2, -0.15) is 0 Å². The number of benzene rings is 6. The molecule has 1 aromatic heterocycles. The van der Waals surface area contributed by atoms with Crippen LogP contribution in [0, 0.1) is 0 Å². The summed E-state index contributed by atoms with van der Waals surface area (Å²) >= 11 is 1.87. The van der Waals surface area contributed by atoms with Crippen LogP contribution in [0.15, 0.2) is 121 Å². The van der Waals surface area contributed by atoms with Gasteiger partial charge in [0.25, 0.3) is 0 Å². The molecule has 0 atom stereocenters. The Morgan fingerprint density at radius 2 is 1.06 bits per heavy atom. The molecule has 2 aliphatic rings. The number of hydrogen-bond acceptors (Lipinski definition) is 2. The van der Waals surface area contributed by atoms with Crippen LogP contribution in [0.4, 0.5) is 11.4 Å². The molecule has 6 aromatic carbocycles. The Labute approximate surface area is 281 Å². The summed E-state index contributed by atoms with van der Waals surface area (Å²) in [6.45, 7) is 14.0. The van der Waals surface area contributed by atoms with Crippen LogP contribution in [0.3, 0.4) is 0 Å². The van der Waals surface area contributed by atoms with Gasteiger partial charge in [0.1, 0.15) is 0 Å². The van der Waals surface area contributed by atoms with Crippen molar-refractivity contribution >= 4 is 42.9 Å². The zero-order valence-corrected chi connectivity index (χ0v) is 28.8. The van der Waals surface area contributed by atoms with Crippen molar-refractivity contribution in [2.24, 2.45) is 0 Å². The number of fused-ring (bicyclic) bond motifs is 13. The second-order valence-electron chi connectivity index (χ2n) is 15.4. The van der Waals surface area contributed by atoms with Crippen LogP contribution >= 0.6 is 11.3 Å². The highest BCUT2D eigenvalue weighted by Gasteiger charge is 2.52. The molecule has 0 unspecified atom stereocenters. The summed E-state index contributed by atoms with van der Waals surface area (Å²) in [6.07, 6.45) is 0. The van der Waals surface area contributed by atoms with Gasteiger partial charge in [-0.05, 0) is 85.2 Å². The van der Waals surface area contributed by atoms with Crippen LogP contribution in [0.5, 0.6) is 0 Å². The largest absolute Gasteiger partial charge is 0.354 e. The molecule has 7 aromatic rings. The van der Waals surface area contributed by atoms with Gasteiger partial charge in [0.15, 0.2) is 0 Å². The molecule has 0 aliphatic heterocycles. The van der Waals surface area contributed by atoms with Gasteiger partial charge in [-0.1, -0.05) is 139 Å². The Morgan fingerprint density at radius 1 is 0.489 bits per heavy atom. The van der Waals surface area contributed by atoms with Crippen molar-refractivity contribution < 1.29 is 0 Å². The van der Waals surface area contributed by atoms with E-state index in [-0.39, 0.29) is 10.8 Å². The molecule has 0 bridgehead atoms. The second kappa shape index (κ2) is 9.69. The SMILES string of the molecule is CC(C)(C)c1ccc2c(c1)C1(c3cc(C(C)(C)C)ccc3-2)c2ccccc2-c2c(Nc3cccc4sc5ccccc5c34)cccc21. The first-order valence-corrected chi connectivity index (χ1v) is 17.6. The third-order valence-electron chi connectivity index (χ3n) is 10.6. The Kier molecular flexibility index (Phi) is 5.88. The summed E-state index contributed by atoms with van der Waals surface area (Å²) in [7, 11) is 0. The van der Waals surface area contributed by atoms with Gasteiger partial charge in [0.2, 0.25) is 0 Å². The minimum absolute atomic E-state index is 0.0356. The predicted octanol–water partition coefficient (Wildman–Crippen LogP) is 12.7. The maximum Gasteiger partial charge on any atom is 0.0726 e. The highest BCUT2D eigenvalue weighted by Crippen LogP contribution is 2.64. The molecule has 2 heteroatoms. The lowest BCUT2D eigenvalue weighted by molar-refractivity contribution is 0.586. The molecule has 9 rings (SSSR count). The molecular formula is C45H39NS. The highest BCUT2D eigenvalue weighted by atomic mass is 32.1. The fourth-order valence-corrected chi connectivity index (χ4v) is 9.43. The van der Waals surface area contributed by atoms with Crippen molar-refractivity contribution in [3.05, 3.63) is 155 Å². The Balaban J connectivity index is 1.35. The van der Waals surface area contributed by atoms with Gasteiger partial charge in [-0.15, -0.1) is 11.3 Å². The minimum atomic E-state index is -0.405. The highest BCUT2D eigenvalue weighted by molar-refractivity contribution is 7.26. The number of hydrogen-bond donors (Lipinski definition) is 1. The molecule has 0 amide bonds. The van der Waals surface area contributed by atoms with Crippen molar-refractivity contribution in [2.45, 2.75) is 57.8 Å². The maximum absolute atomic E-state index is 4.00. The minimum Gasteiger partial charge on any atom is -0.354 e. The zero-order chi connectivity index (χ0) is 32.3. The third-order valence-corrected chi connectivity index (χ3v) is 11.7. The topological polar surface area (TPSA) is 12.0 Å². The smallest absolute Gasteiger partial charge is 0.0726 e. The Hall–Kier alpha value is -4.66. The molecule has 230 valence electrons. The molecule has 2 aliphatic carbocycles. The quantitative estimate of drug-likeness (QED) is 0.201. The van der Waals surface area contributed by atoms with E-state index in [1.807, 2.05) is 11.3 Å². The van der Waals surface area contributed by atoms with Crippen molar-refractivity contribution in [3.63, 3.8) is 0 Å². The lowest BCUT2D eigenvalue weighted by Crippen LogP contribution is -2.27. The third kappa shape index (κ3) is 3.95. The molecule has 0 saturated carbocycles. The van der Waals surface area contributed by atoms with Gasteiger partial charge in [-0.25, -0.2) is 0 Å². The summed E-state index contributed by atoms with van der Waals surface area (Å²) in [5.74, 6) is 0. The number of rotatable bonds is 2. The number of thiophene rings is 1. The molecule has 1 spiro atoms. The van der Waals surface area contributed by atoms with E-state index in [0.29, 0.717) is 0 Å². The van der Waals surface area contributed by atoms with Crippen molar-refractivity contribution in [1.29, 1.82) is 0 Å². The molecule has 1 heterocycles. The lowest BCUT2D eigenvalue weighted by atomic mass is 9.69. The van der Waals surface area contributed by atoms with Crippen LogP contribution < -0.4 is 5.32 Å². The van der Waals surface area contributed by atoms with Crippen LogP contribution in [-0.2, 0) is 16.2 Å². The van der Waals surface area contributed by atoms with E-state index in [9.17, 15) is 0 Å². The van der Waals surface area contributed by atoms with Gasteiger partial charge < -0.3 is 5.32 Å². The summed E-state index contributed by atoms with van der Waals surface area (Å²) < 4.78 is 2.63. The van der Waals surface area contributed by atoms with Crippen molar-refractivity contribution in [1.82, 2.24) is 0 Å². The lowest BCUT2D eigenvalue weighted by Gasteiger charge is -2.33. The van der Waals surface area contributed by atoms with E-state index in [1.54, 1.807) is 0 Å². The van der Waals surface area contributed by atoms with Crippen molar-refractivity contribution in [2.75, 3.05) is 5.32 Å². The first kappa shape index (κ1) is 28.6. The predicted molar refractivity (Wildman–Crippen MR) is 203 cm³/mol. The second-order valence-corrected chi connectivity index (χ2v) is 16.5. The monoisotopic (exact) mass is 625 g/mol. The van der Waals surface area contributed by atoms with E-state index >= 15 is 0 Å². The summed E-state index contributed by atoms with van der Waals surface area (Å²) in [5.41, 5.74) is 15.6. The normalized spacial score (nSPS) is 14.3. The molecule has 0 radical (unpaired) electrons. The average molecular weight is 626 g/mol. The zero-order valence-electron chi connectivity index (χ0n) is 28.0. The van der Waals surface area contributed by atoms with E-state index in [0.717, 1.165) is 11.4 Å². The Bertz CT molecular complexity index is 2350. The standard InChI is InChI=1S/C45H39NS/c1-43(2,3)27-21-23-29-30-24-22-28(44(4,5)6)26-36(30)45(35(29)25-27)33-15-9-7-13-31(33)41-34(45)16-11-17-37(41)46-38-18-12-20-40-42(38)32-14-8-10-19-39(32)47-40/h7-26,46H,1-6H3. The van der Waals surface area contributed by atoms with Crippen LogP contribution in [0.25, 0.3) is 42.4 Å². The van der Waals surface area contributed by atoms with E-state index in [1.165, 1.54) is 75.8 Å². The van der Waals surface area contributed by atoms with Crippen molar-refractivity contribution in [3.8, 4) is 22.3 Å². The van der Waals surface area contributed by atoms with Crippen LogP contribution in [0.1, 0.15) is 74.9 Å². The van der Waals surface area contributed by atoms with Gasteiger partial charge in [0, 0.05) is 37.1 Å². The maximum atomic E-state index is 4.00. The summed E-state index contributed by atoms with van der Waals surface area (Å²) in [5, 5.41) is 6.61. The van der Waals surface area contributed by atoms with Crippen LogP contribution in [-0.4, -0.2) is 0 Å². The number of anilines is 2. The van der Waals surface area contributed by atoms with E-state index < -0.39 is 5.41 Å². The fourth-order valence-electron chi connectivity index (χ4n) is 8.29. The van der Waals surface area contributed by atoms with Gasteiger partial charge in [0.05, 0.1) is 5.41 Å². The number of nitrogens with one attached hydrogen (secondary N) is 1. The van der Waals surface area contributed by atoms with E-state index in [2.05, 4.69) is 168 Å². The van der Waals surface area contributed by atoms with Gasteiger partial charge >= 0.3 is 0 Å². The molecule has 1 nitrogen and oxygen atoms in total. The first-order chi connectivity index (χ1) is 22.6. The van der Waals surface area contributed by atoms with Crippen LogP contribution in [0.2, 0.25) is 0 Å². The van der Waals surface area contributed by atoms with Gasteiger partial charge in [-0.3, -0.25) is 0 Å². The molecule has 47 heavy (non-hydrogen) atoms. The molecule has 0 fully saturated rings. The molecule has 1 N–H and O–H groups in total. The van der Waals surface area contributed by atoms with E-state index in [4.69, 9.17) is 0 Å². The summed E-state index contributed by atoms with van der Waals surface area (Å²) in [4.78, 5) is 0. The average Bonchev–Trinajstić information content (AvgIpc) is 3.68.